The lowest BCUT2D eigenvalue weighted by Gasteiger charge is -2.20. The van der Waals surface area contributed by atoms with Gasteiger partial charge in [-0.05, 0) is 18.4 Å². The van der Waals surface area contributed by atoms with E-state index in [2.05, 4.69) is 4.99 Å². The van der Waals surface area contributed by atoms with Gasteiger partial charge in [0, 0.05) is 51.0 Å². The van der Waals surface area contributed by atoms with Crippen LogP contribution in [0.1, 0.15) is 39.5 Å². The summed E-state index contributed by atoms with van der Waals surface area (Å²) in [6.45, 7) is 3.69. The number of phosphoric acid groups is 1. The normalized spacial score (nSPS) is 16.6. The van der Waals surface area contributed by atoms with E-state index in [-0.39, 0.29) is 36.8 Å². The average Bonchev–Trinajstić information content (AvgIpc) is 3.17. The molecular formula is C17H28NO7PS. The van der Waals surface area contributed by atoms with Crippen LogP contribution in [0, 0.1) is 5.92 Å². The number of ether oxygens (including phenoxy) is 1. The topological polar surface area (TPSA) is 100 Å². The van der Waals surface area contributed by atoms with Gasteiger partial charge in [0.2, 0.25) is 0 Å². The number of hydrogen-bond acceptors (Lipinski definition) is 9. The molecule has 0 aromatic heterocycles. The predicted octanol–water partition coefficient (Wildman–Crippen LogP) is 3.76. The van der Waals surface area contributed by atoms with Crippen LogP contribution >= 0.6 is 19.6 Å². The molecular weight excluding hydrogens is 393 g/mol. The fourth-order valence-corrected chi connectivity index (χ4v) is 3.62. The molecule has 0 aromatic carbocycles. The molecule has 0 aliphatic carbocycles. The van der Waals surface area contributed by atoms with Gasteiger partial charge in [-0.3, -0.25) is 28.2 Å². The molecule has 154 valence electrons. The molecule has 27 heavy (non-hydrogen) atoms. The van der Waals surface area contributed by atoms with E-state index in [1.165, 1.54) is 14.0 Å². The Morgan fingerprint density at radius 2 is 2.11 bits per heavy atom. The van der Waals surface area contributed by atoms with Gasteiger partial charge in [-0.25, -0.2) is 4.57 Å². The van der Waals surface area contributed by atoms with Gasteiger partial charge in [0.1, 0.15) is 0 Å². The van der Waals surface area contributed by atoms with E-state index in [4.69, 9.17) is 18.3 Å². The van der Waals surface area contributed by atoms with E-state index < -0.39 is 7.82 Å². The largest absolute Gasteiger partial charge is 0.474 e. The van der Waals surface area contributed by atoms with Crippen molar-refractivity contribution in [1.82, 2.24) is 0 Å². The summed E-state index contributed by atoms with van der Waals surface area (Å²) >= 11 is 1.07. The Morgan fingerprint density at radius 1 is 1.33 bits per heavy atom. The minimum absolute atomic E-state index is 0.0450. The molecule has 0 aromatic rings. The zero-order valence-corrected chi connectivity index (χ0v) is 17.8. The summed E-state index contributed by atoms with van der Waals surface area (Å²) in [7, 11) is -2.45. The summed E-state index contributed by atoms with van der Waals surface area (Å²) < 4.78 is 32.9. The zero-order chi connectivity index (χ0) is 20.1. The van der Waals surface area contributed by atoms with Gasteiger partial charge >= 0.3 is 13.8 Å². The van der Waals surface area contributed by atoms with Crippen molar-refractivity contribution in [2.24, 2.45) is 10.9 Å². The lowest BCUT2D eigenvalue weighted by Crippen LogP contribution is -2.18. The zero-order valence-electron chi connectivity index (χ0n) is 16.0. The number of hydrogen-bond donors (Lipinski definition) is 0. The molecule has 0 saturated carbocycles. The summed E-state index contributed by atoms with van der Waals surface area (Å²) in [5.74, 6) is -0.0437. The van der Waals surface area contributed by atoms with Crippen LogP contribution in [0.5, 0.6) is 0 Å². The van der Waals surface area contributed by atoms with Crippen molar-refractivity contribution in [3.8, 4) is 0 Å². The second-order valence-corrected chi connectivity index (χ2v) is 8.93. The third-order valence-electron chi connectivity index (χ3n) is 3.75. The highest BCUT2D eigenvalue weighted by atomic mass is 32.2. The van der Waals surface area contributed by atoms with Crippen molar-refractivity contribution in [2.75, 3.05) is 32.7 Å². The van der Waals surface area contributed by atoms with Gasteiger partial charge in [0.25, 0.3) is 0 Å². The maximum atomic E-state index is 12.3. The second kappa shape index (κ2) is 13.2. The molecule has 2 atom stereocenters. The van der Waals surface area contributed by atoms with Crippen molar-refractivity contribution >= 4 is 36.9 Å². The standard InChI is InChI=1S/C17H28NO7PS/c1-4-15(12-23-17(20)6-5-16-7-8-18-11-16)13-25-26(21,22-3)24-9-10-27-14(2)19/h8,11,15H,4-7,9-10,12-13H2,1-3H3. The van der Waals surface area contributed by atoms with Gasteiger partial charge in [0.05, 0.1) is 19.8 Å². The Bertz CT molecular complexity index is 594. The van der Waals surface area contributed by atoms with Crippen LogP contribution in [-0.2, 0) is 32.5 Å². The van der Waals surface area contributed by atoms with Gasteiger partial charge in [-0.1, -0.05) is 18.7 Å². The molecule has 0 amide bonds. The minimum Gasteiger partial charge on any atom is -0.465 e. The van der Waals surface area contributed by atoms with E-state index >= 15 is 0 Å². The van der Waals surface area contributed by atoms with E-state index in [0.29, 0.717) is 25.0 Å². The van der Waals surface area contributed by atoms with Crippen LogP contribution in [0.15, 0.2) is 16.8 Å². The maximum Gasteiger partial charge on any atom is 0.474 e. The average molecular weight is 421 g/mol. The van der Waals surface area contributed by atoms with Crippen molar-refractivity contribution in [3.63, 3.8) is 0 Å². The Morgan fingerprint density at radius 3 is 2.70 bits per heavy atom. The molecule has 1 rings (SSSR count). The van der Waals surface area contributed by atoms with E-state index in [1.807, 2.05) is 6.92 Å². The highest BCUT2D eigenvalue weighted by molar-refractivity contribution is 8.13. The summed E-state index contributed by atoms with van der Waals surface area (Å²) in [4.78, 5) is 26.7. The second-order valence-electron chi connectivity index (χ2n) is 5.88. The number of rotatable bonds is 14. The first-order valence-corrected chi connectivity index (χ1v) is 11.3. The molecule has 1 heterocycles. The molecule has 1 aliphatic rings. The molecule has 0 fully saturated rings. The van der Waals surface area contributed by atoms with Gasteiger partial charge in [0.15, 0.2) is 5.12 Å². The van der Waals surface area contributed by atoms with E-state index in [1.54, 1.807) is 12.4 Å². The predicted molar refractivity (Wildman–Crippen MR) is 105 cm³/mol. The smallest absolute Gasteiger partial charge is 0.465 e. The number of aliphatic imine (C=N–C) groups is 1. The van der Waals surface area contributed by atoms with Crippen molar-refractivity contribution in [3.05, 3.63) is 11.8 Å². The molecule has 2 unspecified atom stereocenters. The third kappa shape index (κ3) is 10.8. The first-order chi connectivity index (χ1) is 12.9. The molecule has 8 nitrogen and oxygen atoms in total. The Kier molecular flexibility index (Phi) is 11.8. The molecule has 10 heteroatoms. The number of carbonyl (C=O) groups is 2. The fourth-order valence-electron chi connectivity index (χ4n) is 2.05. The SMILES string of the molecule is CCC(COC(=O)CCC1=CN=CC1)COP(=O)(OC)OCCSC(C)=O. The monoisotopic (exact) mass is 421 g/mol. The number of esters is 1. The number of carbonyl (C=O) groups excluding carboxylic acids is 2. The molecule has 1 aliphatic heterocycles. The van der Waals surface area contributed by atoms with Crippen LogP contribution in [-0.4, -0.2) is 50.0 Å². The lowest BCUT2D eigenvalue weighted by atomic mass is 10.1. The Labute approximate surface area is 164 Å². The summed E-state index contributed by atoms with van der Waals surface area (Å²) in [6.07, 6.45) is 5.98. The number of phosphoric ester groups is 1. The van der Waals surface area contributed by atoms with Gasteiger partial charge < -0.3 is 4.74 Å². The fraction of sp³-hybridized carbons (Fsp3) is 0.706. The Hall–Kier alpha value is -0.990. The van der Waals surface area contributed by atoms with E-state index in [0.717, 1.165) is 23.8 Å². The van der Waals surface area contributed by atoms with E-state index in [9.17, 15) is 14.2 Å². The van der Waals surface area contributed by atoms with Gasteiger partial charge in [-0.15, -0.1) is 0 Å². The first-order valence-electron chi connectivity index (χ1n) is 8.82. The Balaban J connectivity index is 2.28. The van der Waals surface area contributed by atoms with Crippen molar-refractivity contribution in [1.29, 1.82) is 0 Å². The van der Waals surface area contributed by atoms with Crippen LogP contribution < -0.4 is 0 Å². The minimum atomic E-state index is -3.69. The number of thioether (sulfide) groups is 1. The highest BCUT2D eigenvalue weighted by Crippen LogP contribution is 2.49. The molecule has 0 saturated heterocycles. The number of nitrogens with zero attached hydrogens (tertiary/aromatic N) is 1. The van der Waals surface area contributed by atoms with Crippen molar-refractivity contribution in [2.45, 2.75) is 39.5 Å². The number of allylic oxidation sites excluding steroid dienone is 1. The summed E-state index contributed by atoms with van der Waals surface area (Å²) in [6, 6.07) is 0. The third-order valence-corrected chi connectivity index (χ3v) is 5.94. The van der Waals surface area contributed by atoms with Crippen LogP contribution in [0.25, 0.3) is 0 Å². The quantitative estimate of drug-likeness (QED) is 0.237. The molecule has 0 radical (unpaired) electrons. The van der Waals surface area contributed by atoms with Crippen LogP contribution in [0.3, 0.4) is 0 Å². The van der Waals surface area contributed by atoms with Crippen LogP contribution in [0.4, 0.5) is 0 Å². The molecule has 0 bridgehead atoms. The summed E-state index contributed by atoms with van der Waals surface area (Å²) in [5, 5.41) is -0.0450. The highest BCUT2D eigenvalue weighted by Gasteiger charge is 2.26. The lowest BCUT2D eigenvalue weighted by molar-refractivity contribution is -0.145. The van der Waals surface area contributed by atoms with Gasteiger partial charge in [-0.2, -0.15) is 0 Å². The van der Waals surface area contributed by atoms with Crippen molar-refractivity contribution < 1.29 is 32.5 Å². The summed E-state index contributed by atoms with van der Waals surface area (Å²) in [5.41, 5.74) is 1.11. The molecule has 0 N–H and O–H groups in total. The maximum absolute atomic E-state index is 12.3. The van der Waals surface area contributed by atoms with Crippen LogP contribution in [0.2, 0.25) is 0 Å². The molecule has 0 spiro atoms. The first kappa shape index (κ1) is 24.0.